The number of amides is 2. The molecule has 0 aliphatic rings. The van der Waals surface area contributed by atoms with E-state index in [1.165, 1.54) is 42.4 Å². The third-order valence-corrected chi connectivity index (χ3v) is 4.20. The topological polar surface area (TPSA) is 123 Å². The molecule has 0 spiro atoms. The van der Waals surface area contributed by atoms with E-state index in [0.29, 0.717) is 0 Å². The predicted molar refractivity (Wildman–Crippen MR) is 117 cm³/mol. The lowest BCUT2D eigenvalue weighted by molar-refractivity contribution is -0.111. The van der Waals surface area contributed by atoms with Crippen LogP contribution < -0.4 is 20.7 Å². The summed E-state index contributed by atoms with van der Waals surface area (Å²) in [7, 11) is 3.01. The van der Waals surface area contributed by atoms with E-state index < -0.39 is 24.6 Å². The second-order valence-electron chi connectivity index (χ2n) is 6.46. The van der Waals surface area contributed by atoms with Crippen molar-refractivity contribution in [2.75, 3.05) is 24.7 Å². The van der Waals surface area contributed by atoms with Crippen molar-refractivity contribution in [3.8, 4) is 17.1 Å². The van der Waals surface area contributed by atoms with Crippen LogP contribution in [-0.4, -0.2) is 45.6 Å². The number of methoxy groups -OCH3 is 1. The summed E-state index contributed by atoms with van der Waals surface area (Å²) in [6, 6.07) is 3.62. The minimum Gasteiger partial charge on any atom is -0.494 e. The Kier molecular flexibility index (Phi) is 5.60. The van der Waals surface area contributed by atoms with Gasteiger partial charge in [0.05, 0.1) is 29.6 Å². The van der Waals surface area contributed by atoms with Crippen molar-refractivity contribution in [2.24, 2.45) is 7.05 Å². The van der Waals surface area contributed by atoms with E-state index >= 15 is 0 Å². The van der Waals surface area contributed by atoms with Crippen LogP contribution in [0.3, 0.4) is 0 Å². The van der Waals surface area contributed by atoms with E-state index in [4.69, 9.17) is 8.85 Å². The highest BCUT2D eigenvalue weighted by Crippen LogP contribution is 2.38. The van der Waals surface area contributed by atoms with Gasteiger partial charge in [0.15, 0.2) is 11.6 Å². The minimum atomic E-state index is -2.76. The number of hydrogen-bond acceptors (Lipinski definition) is 7. The average molecular weight is 442 g/mol. The van der Waals surface area contributed by atoms with Crippen molar-refractivity contribution in [1.29, 1.82) is 0 Å². The normalized spacial score (nSPS) is 12.6. The number of allylic oxidation sites excluding steroid dienone is 1. The molecule has 0 fully saturated rings. The molecule has 0 atom stereocenters. The standard InChI is InChI=1S/C21H22FN7O3/c1-5-6-18(30)27-17-9-15(14(10-24-17)21(31)23-2)26-16-8-12(22)7-13(19(16)32-4)20-25-11-29(3)28-20/h5-11H,1-4H3,(H,23,31)(H2,24,26,27,30)/i2D3. The number of nitrogens with zero attached hydrogens (tertiary/aromatic N) is 4. The zero-order valence-electron chi connectivity index (χ0n) is 20.4. The van der Waals surface area contributed by atoms with Gasteiger partial charge in [-0.3, -0.25) is 14.3 Å². The molecule has 3 aromatic rings. The molecule has 2 amide bonds. The van der Waals surface area contributed by atoms with Gasteiger partial charge < -0.3 is 20.7 Å². The maximum atomic E-state index is 14.6. The molecule has 10 nitrogen and oxygen atoms in total. The first kappa shape index (κ1) is 18.5. The number of pyridine rings is 1. The summed E-state index contributed by atoms with van der Waals surface area (Å²) in [5.41, 5.74) is 0.185. The van der Waals surface area contributed by atoms with Crippen LogP contribution in [0, 0.1) is 5.82 Å². The molecule has 0 aliphatic heterocycles. The number of anilines is 3. The number of rotatable bonds is 7. The fraction of sp³-hybridized carbons (Fsp3) is 0.190. The number of aromatic nitrogens is 4. The summed E-state index contributed by atoms with van der Waals surface area (Å²) in [6.45, 7) is -1.10. The van der Waals surface area contributed by atoms with Gasteiger partial charge in [0.25, 0.3) is 5.91 Å². The van der Waals surface area contributed by atoms with Gasteiger partial charge in [0.2, 0.25) is 5.91 Å². The maximum Gasteiger partial charge on any atom is 0.254 e. The van der Waals surface area contributed by atoms with Crippen molar-refractivity contribution in [3.63, 3.8) is 0 Å². The number of benzene rings is 1. The van der Waals surface area contributed by atoms with Crippen molar-refractivity contribution >= 4 is 29.0 Å². The largest absolute Gasteiger partial charge is 0.494 e. The van der Waals surface area contributed by atoms with E-state index in [-0.39, 0.29) is 39.9 Å². The van der Waals surface area contributed by atoms with Gasteiger partial charge >= 0.3 is 0 Å². The van der Waals surface area contributed by atoms with Gasteiger partial charge in [-0.25, -0.2) is 14.4 Å². The summed E-state index contributed by atoms with van der Waals surface area (Å²) in [6.07, 6.45) is 5.32. The molecular weight excluding hydrogens is 417 g/mol. The van der Waals surface area contributed by atoms with Crippen molar-refractivity contribution in [3.05, 3.63) is 54.3 Å². The summed E-state index contributed by atoms with van der Waals surface area (Å²) in [5.74, 6) is -1.67. The Labute approximate surface area is 187 Å². The molecule has 0 unspecified atom stereocenters. The van der Waals surface area contributed by atoms with Crippen LogP contribution in [0.4, 0.5) is 21.6 Å². The maximum absolute atomic E-state index is 14.6. The molecule has 0 saturated carbocycles. The number of carbonyl (C=O) groups excluding carboxylic acids is 2. The first-order valence-electron chi connectivity index (χ1n) is 10.8. The van der Waals surface area contributed by atoms with Crippen molar-refractivity contribution in [1.82, 2.24) is 25.1 Å². The average Bonchev–Trinajstić information content (AvgIpc) is 3.18. The van der Waals surface area contributed by atoms with Gasteiger partial charge in [0.1, 0.15) is 18.0 Å². The quantitative estimate of drug-likeness (QED) is 0.481. The Morgan fingerprint density at radius 1 is 1.25 bits per heavy atom. The Balaban J connectivity index is 2.10. The van der Waals surface area contributed by atoms with E-state index in [1.54, 1.807) is 14.0 Å². The highest BCUT2D eigenvalue weighted by atomic mass is 19.1. The second kappa shape index (κ2) is 9.69. The van der Waals surface area contributed by atoms with Crippen LogP contribution >= 0.6 is 0 Å². The van der Waals surface area contributed by atoms with Crippen LogP contribution in [0.5, 0.6) is 5.75 Å². The molecule has 0 aliphatic carbocycles. The van der Waals surface area contributed by atoms with Crippen molar-refractivity contribution in [2.45, 2.75) is 6.92 Å². The van der Waals surface area contributed by atoms with Gasteiger partial charge in [-0.05, 0) is 19.1 Å². The molecule has 0 radical (unpaired) electrons. The van der Waals surface area contributed by atoms with Crippen molar-refractivity contribution < 1.29 is 22.8 Å². The molecule has 2 aromatic heterocycles. The molecule has 2 heterocycles. The van der Waals surface area contributed by atoms with Crippen LogP contribution in [-0.2, 0) is 11.8 Å². The van der Waals surface area contributed by atoms with Crippen LogP contribution in [0.1, 0.15) is 21.4 Å². The summed E-state index contributed by atoms with van der Waals surface area (Å²) < 4.78 is 43.4. The molecule has 32 heavy (non-hydrogen) atoms. The highest BCUT2D eigenvalue weighted by molar-refractivity contribution is 6.02. The molecule has 11 heteroatoms. The Bertz CT molecular complexity index is 1290. The van der Waals surface area contributed by atoms with Gasteiger partial charge in [0, 0.05) is 36.5 Å². The van der Waals surface area contributed by atoms with Gasteiger partial charge in [-0.15, -0.1) is 0 Å². The SMILES string of the molecule is [2H]C([2H])([2H])NC(=O)c1cnc(NC(=O)C=CC)cc1Nc1cc(F)cc(-c2ncn(C)n2)c1OC. The fourth-order valence-electron chi connectivity index (χ4n) is 2.87. The lowest BCUT2D eigenvalue weighted by atomic mass is 10.1. The molecule has 0 bridgehead atoms. The lowest BCUT2D eigenvalue weighted by Crippen LogP contribution is -2.20. The second-order valence-corrected chi connectivity index (χ2v) is 6.46. The zero-order chi connectivity index (χ0) is 25.8. The zero-order valence-corrected chi connectivity index (χ0v) is 17.4. The summed E-state index contributed by atoms with van der Waals surface area (Å²) in [5, 5.41) is 11.4. The van der Waals surface area contributed by atoms with Crippen LogP contribution in [0.2, 0.25) is 0 Å². The molecule has 1 aromatic carbocycles. The minimum absolute atomic E-state index is 0.0290. The molecular formula is C21H22FN7O3. The molecule has 3 rings (SSSR count). The third kappa shape index (κ3) is 4.89. The highest BCUT2D eigenvalue weighted by Gasteiger charge is 2.20. The Hall–Kier alpha value is -4.28. The van der Waals surface area contributed by atoms with E-state index in [1.807, 2.05) is 5.32 Å². The van der Waals surface area contributed by atoms with Gasteiger partial charge in [-0.1, -0.05) is 6.08 Å². The van der Waals surface area contributed by atoms with Crippen LogP contribution in [0.15, 0.2) is 42.9 Å². The monoisotopic (exact) mass is 442 g/mol. The van der Waals surface area contributed by atoms with E-state index in [9.17, 15) is 14.0 Å². The lowest BCUT2D eigenvalue weighted by Gasteiger charge is -2.17. The molecule has 0 saturated heterocycles. The smallest absolute Gasteiger partial charge is 0.254 e. The fourth-order valence-corrected chi connectivity index (χ4v) is 2.87. The summed E-state index contributed by atoms with van der Waals surface area (Å²) in [4.78, 5) is 32.7. The Morgan fingerprint density at radius 2 is 2.06 bits per heavy atom. The van der Waals surface area contributed by atoms with E-state index in [2.05, 4.69) is 25.7 Å². The molecule has 166 valence electrons. The number of halogens is 1. The van der Waals surface area contributed by atoms with Crippen LogP contribution in [0.25, 0.3) is 11.4 Å². The number of ether oxygens (including phenoxy) is 1. The molecule has 3 N–H and O–H groups in total. The predicted octanol–water partition coefficient (Wildman–Crippen LogP) is 2.64. The van der Waals surface area contributed by atoms with E-state index in [0.717, 1.165) is 12.3 Å². The Morgan fingerprint density at radius 3 is 2.72 bits per heavy atom. The third-order valence-electron chi connectivity index (χ3n) is 4.20. The first-order valence-corrected chi connectivity index (χ1v) is 9.27. The van der Waals surface area contributed by atoms with Gasteiger partial charge in [-0.2, -0.15) is 5.10 Å². The number of carbonyl (C=O) groups is 2. The number of aryl methyl sites for hydroxylation is 1. The number of nitrogens with one attached hydrogen (secondary N) is 3. The number of hydrogen-bond donors (Lipinski definition) is 3. The summed E-state index contributed by atoms with van der Waals surface area (Å²) >= 11 is 0. The first-order chi connectivity index (χ1) is 16.5.